The van der Waals surface area contributed by atoms with Gasteiger partial charge in [0.25, 0.3) is 6.43 Å². The molecule has 118 valence electrons. The Hall–Kier alpha value is -1.40. The summed E-state index contributed by atoms with van der Waals surface area (Å²) in [5, 5.41) is 1.99. The first-order valence-electron chi connectivity index (χ1n) is 6.46. The number of unbranched alkanes of at least 4 members (excludes halogenated alkanes) is 1. The van der Waals surface area contributed by atoms with Crippen LogP contribution in [0.2, 0.25) is 0 Å². The first-order valence-corrected chi connectivity index (χ1v) is 6.46. The molecule has 0 aromatic heterocycles. The molecule has 0 fully saturated rings. The Kier molecular flexibility index (Phi) is 6.88. The van der Waals surface area contributed by atoms with Gasteiger partial charge in [-0.15, -0.1) is 0 Å². The Morgan fingerprint density at radius 2 is 1.80 bits per heavy atom. The summed E-state index contributed by atoms with van der Waals surface area (Å²) >= 11 is 0. The van der Waals surface area contributed by atoms with Gasteiger partial charge in [0, 0.05) is 0 Å². The van der Waals surface area contributed by atoms with E-state index in [-0.39, 0.29) is 6.42 Å². The van der Waals surface area contributed by atoms with E-state index in [0.29, 0.717) is 12.8 Å². The minimum absolute atomic E-state index is 0.215. The molecule has 0 bridgehead atoms. The lowest BCUT2D eigenvalue weighted by atomic mass is 9.93. The highest BCUT2D eigenvalue weighted by molar-refractivity contribution is 5.86. The van der Waals surface area contributed by atoms with Crippen molar-refractivity contribution in [3.8, 4) is 0 Å². The van der Waals surface area contributed by atoms with Crippen molar-refractivity contribution >= 4 is 12.1 Å². The summed E-state index contributed by atoms with van der Waals surface area (Å²) in [6.07, 6.45) is -3.43. The maximum atomic E-state index is 13.3. The Labute approximate surface area is 118 Å². The van der Waals surface area contributed by atoms with E-state index in [1.807, 2.05) is 5.32 Å². The fraction of sp³-hybridized carbons (Fsp3) is 0.846. The quantitative estimate of drug-likeness (QED) is 0.765. The van der Waals surface area contributed by atoms with Gasteiger partial charge in [0.15, 0.2) is 0 Å². The molecule has 1 atom stereocenters. The number of nitrogens with one attached hydrogen (secondary N) is 1. The zero-order valence-electron chi connectivity index (χ0n) is 12.6. The van der Waals surface area contributed by atoms with Crippen molar-refractivity contribution in [2.75, 3.05) is 7.11 Å². The number of carbonyl (C=O) groups is 2. The smallest absolute Gasteiger partial charge is 0.408 e. The second kappa shape index (κ2) is 7.40. The zero-order valence-corrected chi connectivity index (χ0v) is 12.6. The van der Waals surface area contributed by atoms with Crippen LogP contribution in [0.3, 0.4) is 0 Å². The van der Waals surface area contributed by atoms with Gasteiger partial charge in [-0.3, -0.25) is 0 Å². The SMILES string of the molecule is CCCCC(NC(=O)OC(C)(C)C)(C(=O)OC)C(F)F. The van der Waals surface area contributed by atoms with Crippen LogP contribution in [0.15, 0.2) is 0 Å². The second-order valence-corrected chi connectivity index (χ2v) is 5.49. The van der Waals surface area contributed by atoms with Crippen LogP contribution in [0.1, 0.15) is 47.0 Å². The number of amides is 1. The molecule has 0 radical (unpaired) electrons. The third-order valence-corrected chi connectivity index (χ3v) is 2.57. The maximum Gasteiger partial charge on any atom is 0.408 e. The van der Waals surface area contributed by atoms with E-state index in [1.54, 1.807) is 27.7 Å². The van der Waals surface area contributed by atoms with E-state index in [4.69, 9.17) is 4.74 Å². The number of alkyl carbamates (subject to hydrolysis) is 1. The highest BCUT2D eigenvalue weighted by atomic mass is 19.3. The highest BCUT2D eigenvalue weighted by Crippen LogP contribution is 2.25. The number of hydrogen-bond donors (Lipinski definition) is 1. The van der Waals surface area contributed by atoms with Gasteiger partial charge in [-0.1, -0.05) is 19.8 Å². The Balaban J connectivity index is 5.18. The van der Waals surface area contributed by atoms with Crippen LogP contribution >= 0.6 is 0 Å². The number of carbonyl (C=O) groups excluding carboxylic acids is 2. The number of halogens is 2. The molecule has 1 unspecified atom stereocenters. The molecule has 0 aliphatic carbocycles. The highest BCUT2D eigenvalue weighted by Gasteiger charge is 2.50. The Morgan fingerprint density at radius 3 is 2.15 bits per heavy atom. The molecule has 0 saturated carbocycles. The molecule has 0 saturated heterocycles. The van der Waals surface area contributed by atoms with Crippen molar-refractivity contribution in [2.45, 2.75) is 64.5 Å². The summed E-state index contributed by atoms with van der Waals surface area (Å²) in [6.45, 7) is 6.59. The normalized spacial score (nSPS) is 14.6. The zero-order chi connectivity index (χ0) is 16.0. The van der Waals surface area contributed by atoms with Gasteiger partial charge in [0.2, 0.25) is 5.54 Å². The van der Waals surface area contributed by atoms with Crippen molar-refractivity contribution < 1.29 is 27.8 Å². The number of esters is 1. The molecule has 0 spiro atoms. The molecule has 0 aliphatic rings. The number of alkyl halides is 2. The predicted octanol–water partition coefficient (Wildman–Crippen LogP) is 2.88. The van der Waals surface area contributed by atoms with Gasteiger partial charge in [-0.25, -0.2) is 18.4 Å². The summed E-state index contributed by atoms with van der Waals surface area (Å²) in [4.78, 5) is 23.4. The number of ether oxygens (including phenoxy) is 2. The van der Waals surface area contributed by atoms with Crippen LogP contribution in [0, 0.1) is 0 Å². The van der Waals surface area contributed by atoms with Crippen LogP contribution in [0.4, 0.5) is 13.6 Å². The van der Waals surface area contributed by atoms with Gasteiger partial charge in [-0.05, 0) is 27.2 Å². The molecule has 0 heterocycles. The van der Waals surface area contributed by atoms with E-state index < -0.39 is 29.6 Å². The lowest BCUT2D eigenvalue weighted by Gasteiger charge is -2.32. The molecule has 0 aromatic carbocycles. The van der Waals surface area contributed by atoms with E-state index >= 15 is 0 Å². The molecule has 1 N–H and O–H groups in total. The van der Waals surface area contributed by atoms with Gasteiger partial charge < -0.3 is 14.8 Å². The van der Waals surface area contributed by atoms with E-state index in [9.17, 15) is 18.4 Å². The molecular formula is C13H23F2NO4. The minimum atomic E-state index is -3.09. The van der Waals surface area contributed by atoms with Gasteiger partial charge in [0.05, 0.1) is 7.11 Å². The largest absolute Gasteiger partial charge is 0.467 e. The molecule has 0 aromatic rings. The van der Waals surface area contributed by atoms with Crippen molar-refractivity contribution in [1.29, 1.82) is 0 Å². The van der Waals surface area contributed by atoms with Crippen LogP contribution in [0.25, 0.3) is 0 Å². The van der Waals surface area contributed by atoms with E-state index in [1.165, 1.54) is 0 Å². The van der Waals surface area contributed by atoms with Crippen LogP contribution in [-0.4, -0.2) is 36.7 Å². The Morgan fingerprint density at radius 1 is 1.25 bits per heavy atom. The second-order valence-electron chi connectivity index (χ2n) is 5.49. The lowest BCUT2D eigenvalue weighted by Crippen LogP contribution is -2.60. The molecule has 0 aliphatic heterocycles. The van der Waals surface area contributed by atoms with Crippen LogP contribution < -0.4 is 5.32 Å². The topological polar surface area (TPSA) is 64.6 Å². The van der Waals surface area contributed by atoms with Crippen LogP contribution in [-0.2, 0) is 14.3 Å². The summed E-state index contributed by atoms with van der Waals surface area (Å²) in [5.74, 6) is -1.17. The van der Waals surface area contributed by atoms with Gasteiger partial charge >= 0.3 is 12.1 Å². The first kappa shape index (κ1) is 18.6. The Bertz CT molecular complexity index is 342. The fourth-order valence-electron chi connectivity index (χ4n) is 1.59. The summed E-state index contributed by atoms with van der Waals surface area (Å²) in [7, 11) is 1.00. The molecule has 1 amide bonds. The molecule has 7 heteroatoms. The third-order valence-electron chi connectivity index (χ3n) is 2.57. The number of methoxy groups -OCH3 is 1. The van der Waals surface area contributed by atoms with Crippen LogP contribution in [0.5, 0.6) is 0 Å². The molecule has 0 rings (SSSR count). The maximum absolute atomic E-state index is 13.3. The predicted molar refractivity (Wildman–Crippen MR) is 69.6 cm³/mol. The average Bonchev–Trinajstić information content (AvgIpc) is 2.30. The van der Waals surface area contributed by atoms with Gasteiger partial charge in [-0.2, -0.15) is 0 Å². The fourth-order valence-corrected chi connectivity index (χ4v) is 1.59. The standard InChI is InChI=1S/C13H23F2NO4/c1-6-7-8-13(9(14)15,10(17)19-5)16-11(18)20-12(2,3)4/h9H,6-8H2,1-5H3,(H,16,18). The number of rotatable bonds is 6. The summed E-state index contributed by atoms with van der Waals surface area (Å²) in [5.41, 5.74) is -3.22. The number of hydrogen-bond acceptors (Lipinski definition) is 4. The van der Waals surface area contributed by atoms with Crippen molar-refractivity contribution in [1.82, 2.24) is 5.32 Å². The van der Waals surface area contributed by atoms with Crippen molar-refractivity contribution in [3.63, 3.8) is 0 Å². The monoisotopic (exact) mass is 295 g/mol. The third kappa shape index (κ3) is 5.30. The van der Waals surface area contributed by atoms with Gasteiger partial charge in [0.1, 0.15) is 5.60 Å². The van der Waals surface area contributed by atoms with Crippen molar-refractivity contribution in [3.05, 3.63) is 0 Å². The molecule has 5 nitrogen and oxygen atoms in total. The van der Waals surface area contributed by atoms with E-state index in [0.717, 1.165) is 7.11 Å². The van der Waals surface area contributed by atoms with Crippen molar-refractivity contribution in [2.24, 2.45) is 0 Å². The molecular weight excluding hydrogens is 272 g/mol. The summed E-state index contributed by atoms with van der Waals surface area (Å²) < 4.78 is 36.0. The molecule has 20 heavy (non-hydrogen) atoms. The first-order chi connectivity index (χ1) is 9.09. The van der Waals surface area contributed by atoms with E-state index in [2.05, 4.69) is 4.74 Å². The lowest BCUT2D eigenvalue weighted by molar-refractivity contribution is -0.156. The summed E-state index contributed by atoms with van der Waals surface area (Å²) in [6, 6.07) is 0. The minimum Gasteiger partial charge on any atom is -0.467 e. The average molecular weight is 295 g/mol.